The Morgan fingerprint density at radius 1 is 1.12 bits per heavy atom. The molecule has 3 aromatic rings. The molecule has 0 aliphatic heterocycles. The van der Waals surface area contributed by atoms with Crippen LogP contribution in [0.2, 0.25) is 0 Å². The molecule has 1 unspecified atom stereocenters. The summed E-state index contributed by atoms with van der Waals surface area (Å²) in [5.74, 6) is 0.318. The van der Waals surface area contributed by atoms with Crippen LogP contribution in [0.15, 0.2) is 54.9 Å². The third-order valence-electron chi connectivity index (χ3n) is 4.13. The molecule has 0 saturated heterocycles. The second-order valence-corrected chi connectivity index (χ2v) is 7.41. The molecule has 26 heavy (non-hydrogen) atoms. The SMILES string of the molecule is CC(C)c1ccc(C(N)CNC(=O)c2cnc(-c3ccccn3)s2)cc1. The minimum absolute atomic E-state index is 0.168. The van der Waals surface area contributed by atoms with E-state index in [1.807, 2.05) is 30.3 Å². The first-order chi connectivity index (χ1) is 12.5. The van der Waals surface area contributed by atoms with Gasteiger partial charge in [0.05, 0.1) is 11.9 Å². The summed E-state index contributed by atoms with van der Waals surface area (Å²) in [7, 11) is 0. The van der Waals surface area contributed by atoms with Gasteiger partial charge in [-0.15, -0.1) is 11.3 Å². The van der Waals surface area contributed by atoms with Gasteiger partial charge in [-0.05, 0) is 29.2 Å². The summed E-state index contributed by atoms with van der Waals surface area (Å²) in [6.45, 7) is 4.68. The molecule has 134 valence electrons. The number of amides is 1. The number of nitrogens with zero attached hydrogens (tertiary/aromatic N) is 2. The number of aromatic nitrogens is 2. The molecule has 2 aromatic heterocycles. The van der Waals surface area contributed by atoms with Crippen molar-refractivity contribution in [1.82, 2.24) is 15.3 Å². The summed E-state index contributed by atoms with van der Waals surface area (Å²) >= 11 is 1.32. The second kappa shape index (κ2) is 8.21. The van der Waals surface area contributed by atoms with Crippen LogP contribution in [0.1, 0.15) is 46.6 Å². The Morgan fingerprint density at radius 3 is 2.50 bits per heavy atom. The molecule has 0 spiro atoms. The van der Waals surface area contributed by atoms with Gasteiger partial charge in [-0.1, -0.05) is 44.2 Å². The van der Waals surface area contributed by atoms with Crippen LogP contribution < -0.4 is 11.1 Å². The van der Waals surface area contributed by atoms with E-state index in [9.17, 15) is 4.79 Å². The highest BCUT2D eigenvalue weighted by Crippen LogP contribution is 2.23. The van der Waals surface area contributed by atoms with Crippen LogP contribution in [0.4, 0.5) is 0 Å². The molecule has 1 aromatic carbocycles. The summed E-state index contributed by atoms with van der Waals surface area (Å²) < 4.78 is 0. The number of carbonyl (C=O) groups excluding carboxylic acids is 1. The van der Waals surface area contributed by atoms with E-state index in [4.69, 9.17) is 5.73 Å². The third kappa shape index (κ3) is 4.33. The maximum absolute atomic E-state index is 12.4. The van der Waals surface area contributed by atoms with Crippen molar-refractivity contribution in [3.63, 3.8) is 0 Å². The van der Waals surface area contributed by atoms with Crippen LogP contribution in [0.3, 0.4) is 0 Å². The predicted octanol–water partition coefficient (Wildman–Crippen LogP) is 3.76. The Labute approximate surface area is 157 Å². The molecule has 0 fully saturated rings. The lowest BCUT2D eigenvalue weighted by atomic mass is 9.99. The Hall–Kier alpha value is -2.57. The second-order valence-electron chi connectivity index (χ2n) is 6.38. The molecule has 1 amide bonds. The van der Waals surface area contributed by atoms with E-state index in [0.29, 0.717) is 17.3 Å². The van der Waals surface area contributed by atoms with Crippen molar-refractivity contribution in [3.05, 3.63) is 70.9 Å². The van der Waals surface area contributed by atoms with Gasteiger partial charge in [-0.25, -0.2) is 4.98 Å². The standard InChI is InChI=1S/C20H22N4OS/c1-13(2)14-6-8-15(9-7-14)16(21)11-23-19(25)18-12-24-20(26-18)17-5-3-4-10-22-17/h3-10,12-13,16H,11,21H2,1-2H3,(H,23,25). The van der Waals surface area contributed by atoms with E-state index in [0.717, 1.165) is 16.3 Å². The normalized spacial score (nSPS) is 12.2. The highest BCUT2D eigenvalue weighted by atomic mass is 32.1. The number of hydrogen-bond acceptors (Lipinski definition) is 5. The molecule has 3 N–H and O–H groups in total. The number of rotatable bonds is 6. The lowest BCUT2D eigenvalue weighted by Crippen LogP contribution is -2.31. The maximum atomic E-state index is 12.4. The van der Waals surface area contributed by atoms with Gasteiger partial charge in [0.15, 0.2) is 0 Å². The summed E-state index contributed by atoms with van der Waals surface area (Å²) in [6, 6.07) is 13.6. The first kappa shape index (κ1) is 18.2. The van der Waals surface area contributed by atoms with E-state index < -0.39 is 0 Å². The van der Waals surface area contributed by atoms with Crippen LogP contribution in [0.25, 0.3) is 10.7 Å². The first-order valence-corrected chi connectivity index (χ1v) is 9.37. The van der Waals surface area contributed by atoms with Gasteiger partial charge in [-0.3, -0.25) is 9.78 Å². The molecule has 6 heteroatoms. The minimum atomic E-state index is -0.247. The van der Waals surface area contributed by atoms with Crippen molar-refractivity contribution in [3.8, 4) is 10.7 Å². The predicted molar refractivity (Wildman–Crippen MR) is 105 cm³/mol. The molecule has 0 bridgehead atoms. The van der Waals surface area contributed by atoms with Crippen LogP contribution >= 0.6 is 11.3 Å². The quantitative estimate of drug-likeness (QED) is 0.696. The van der Waals surface area contributed by atoms with Crippen molar-refractivity contribution in [2.75, 3.05) is 6.54 Å². The average Bonchev–Trinajstić information content (AvgIpc) is 3.17. The lowest BCUT2D eigenvalue weighted by Gasteiger charge is -2.14. The molecule has 0 radical (unpaired) electrons. The largest absolute Gasteiger partial charge is 0.349 e. The first-order valence-electron chi connectivity index (χ1n) is 8.55. The van der Waals surface area contributed by atoms with E-state index in [1.54, 1.807) is 12.4 Å². The molecule has 3 rings (SSSR count). The minimum Gasteiger partial charge on any atom is -0.349 e. The summed E-state index contributed by atoms with van der Waals surface area (Å²) in [5.41, 5.74) is 9.25. The number of nitrogens with one attached hydrogen (secondary N) is 1. The lowest BCUT2D eigenvalue weighted by molar-refractivity contribution is 0.0955. The zero-order chi connectivity index (χ0) is 18.5. The Balaban J connectivity index is 1.59. The molecular formula is C20H22N4OS. The Morgan fingerprint density at radius 2 is 1.85 bits per heavy atom. The van der Waals surface area contributed by atoms with Crippen molar-refractivity contribution in [2.45, 2.75) is 25.8 Å². The molecule has 2 heterocycles. The smallest absolute Gasteiger partial charge is 0.263 e. The fraction of sp³-hybridized carbons (Fsp3) is 0.250. The third-order valence-corrected chi connectivity index (χ3v) is 5.15. The van der Waals surface area contributed by atoms with Gasteiger partial charge in [0.25, 0.3) is 5.91 Å². The number of benzene rings is 1. The molecule has 5 nitrogen and oxygen atoms in total. The zero-order valence-corrected chi connectivity index (χ0v) is 15.7. The maximum Gasteiger partial charge on any atom is 0.263 e. The summed E-state index contributed by atoms with van der Waals surface area (Å²) in [5, 5.41) is 3.61. The van der Waals surface area contributed by atoms with Gasteiger partial charge in [0.2, 0.25) is 0 Å². The Bertz CT molecular complexity index is 859. The number of nitrogens with two attached hydrogens (primary N) is 1. The van der Waals surface area contributed by atoms with Crippen molar-refractivity contribution >= 4 is 17.2 Å². The molecular weight excluding hydrogens is 344 g/mol. The summed E-state index contributed by atoms with van der Waals surface area (Å²) in [4.78, 5) is 21.4. The number of hydrogen-bond donors (Lipinski definition) is 2. The van der Waals surface area contributed by atoms with E-state index in [1.165, 1.54) is 16.9 Å². The van der Waals surface area contributed by atoms with E-state index >= 15 is 0 Å². The number of carbonyl (C=O) groups is 1. The summed E-state index contributed by atoms with van der Waals surface area (Å²) in [6.07, 6.45) is 3.28. The number of thiazole rings is 1. The number of pyridine rings is 1. The van der Waals surface area contributed by atoms with Gasteiger partial charge in [-0.2, -0.15) is 0 Å². The highest BCUT2D eigenvalue weighted by Gasteiger charge is 2.14. The van der Waals surface area contributed by atoms with E-state index in [2.05, 4.69) is 41.3 Å². The van der Waals surface area contributed by atoms with Crippen LogP contribution in [-0.2, 0) is 0 Å². The van der Waals surface area contributed by atoms with Crippen molar-refractivity contribution in [1.29, 1.82) is 0 Å². The van der Waals surface area contributed by atoms with Crippen LogP contribution in [0, 0.1) is 0 Å². The van der Waals surface area contributed by atoms with Gasteiger partial charge >= 0.3 is 0 Å². The van der Waals surface area contributed by atoms with Gasteiger partial charge < -0.3 is 11.1 Å². The molecule has 0 aliphatic rings. The highest BCUT2D eigenvalue weighted by molar-refractivity contribution is 7.16. The van der Waals surface area contributed by atoms with Crippen LogP contribution in [0.5, 0.6) is 0 Å². The van der Waals surface area contributed by atoms with E-state index in [-0.39, 0.29) is 11.9 Å². The van der Waals surface area contributed by atoms with Gasteiger partial charge in [0, 0.05) is 18.8 Å². The fourth-order valence-corrected chi connectivity index (χ4v) is 3.33. The van der Waals surface area contributed by atoms with Gasteiger partial charge in [0.1, 0.15) is 9.88 Å². The fourth-order valence-electron chi connectivity index (χ4n) is 2.52. The van der Waals surface area contributed by atoms with Crippen molar-refractivity contribution in [2.24, 2.45) is 5.73 Å². The molecule has 0 aliphatic carbocycles. The Kier molecular flexibility index (Phi) is 5.75. The molecule has 0 saturated carbocycles. The van der Waals surface area contributed by atoms with Crippen LogP contribution in [-0.4, -0.2) is 22.4 Å². The van der Waals surface area contributed by atoms with Crippen molar-refractivity contribution < 1.29 is 4.79 Å². The average molecular weight is 366 g/mol. The topological polar surface area (TPSA) is 80.9 Å². The zero-order valence-electron chi connectivity index (χ0n) is 14.8. The monoisotopic (exact) mass is 366 g/mol. The molecule has 1 atom stereocenters.